The summed E-state index contributed by atoms with van der Waals surface area (Å²) < 4.78 is 35.0. The molecule has 0 atom stereocenters. The first-order valence-electron chi connectivity index (χ1n) is 9.95. The molecule has 0 unspecified atom stereocenters. The Kier molecular flexibility index (Phi) is 6.93. The molecular weight excluding hydrogens is 502 g/mol. The van der Waals surface area contributed by atoms with Gasteiger partial charge in [0.05, 0.1) is 15.2 Å². The van der Waals surface area contributed by atoms with Crippen molar-refractivity contribution < 1.29 is 17.9 Å². The van der Waals surface area contributed by atoms with E-state index in [1.807, 2.05) is 51.9 Å². The first-order chi connectivity index (χ1) is 14.4. The minimum Gasteiger partial charge on any atom is -0.444 e. The standard InChI is InChI=1S/C21H28BrN3O4S2/c1-21(2,3)29-20(26)25-10-8-14-12-16(17(24(4)5)13-15(14)9-11-25)23-31(27,28)19-7-6-18(22)30-19/h6-7,12-13,23H,8-11H2,1-5H3. The zero-order chi connectivity index (χ0) is 23.0. The van der Waals surface area contributed by atoms with Gasteiger partial charge in [-0.3, -0.25) is 4.72 Å². The molecule has 1 aromatic heterocycles. The summed E-state index contributed by atoms with van der Waals surface area (Å²) in [5.41, 5.74) is 2.90. The maximum atomic E-state index is 12.9. The van der Waals surface area contributed by atoms with Crippen LogP contribution in [0.25, 0.3) is 0 Å². The van der Waals surface area contributed by atoms with Crippen molar-refractivity contribution in [2.75, 3.05) is 36.8 Å². The van der Waals surface area contributed by atoms with Gasteiger partial charge < -0.3 is 14.5 Å². The average molecular weight is 531 g/mol. The van der Waals surface area contributed by atoms with Gasteiger partial charge in [0.15, 0.2) is 0 Å². The van der Waals surface area contributed by atoms with E-state index < -0.39 is 15.6 Å². The summed E-state index contributed by atoms with van der Waals surface area (Å²) in [6.07, 6.45) is 0.986. The molecule has 1 aromatic carbocycles. The molecule has 1 N–H and O–H groups in total. The van der Waals surface area contributed by atoms with Crippen molar-refractivity contribution in [2.45, 2.75) is 43.4 Å². The molecule has 0 saturated heterocycles. The van der Waals surface area contributed by atoms with Crippen molar-refractivity contribution in [3.8, 4) is 0 Å². The molecule has 2 heterocycles. The largest absolute Gasteiger partial charge is 0.444 e. The second-order valence-electron chi connectivity index (χ2n) is 8.66. The smallest absolute Gasteiger partial charge is 0.410 e. The van der Waals surface area contributed by atoms with Crippen LogP contribution < -0.4 is 9.62 Å². The number of rotatable bonds is 4. The summed E-state index contributed by atoms with van der Waals surface area (Å²) in [4.78, 5) is 16.1. The summed E-state index contributed by atoms with van der Waals surface area (Å²) in [6.45, 7) is 6.64. The lowest BCUT2D eigenvalue weighted by Crippen LogP contribution is -2.38. The van der Waals surface area contributed by atoms with E-state index in [9.17, 15) is 13.2 Å². The summed E-state index contributed by atoms with van der Waals surface area (Å²) in [7, 11) is 0.0585. The molecule has 0 saturated carbocycles. The number of nitrogens with zero attached hydrogens (tertiary/aromatic N) is 2. The van der Waals surface area contributed by atoms with Crippen molar-refractivity contribution in [2.24, 2.45) is 0 Å². The molecule has 31 heavy (non-hydrogen) atoms. The van der Waals surface area contributed by atoms with E-state index in [2.05, 4.69) is 20.7 Å². The van der Waals surface area contributed by atoms with Crippen molar-refractivity contribution in [1.82, 2.24) is 4.90 Å². The van der Waals surface area contributed by atoms with Crippen LogP contribution in [0.5, 0.6) is 0 Å². The molecule has 1 aliphatic rings. The number of sulfonamides is 1. The highest BCUT2D eigenvalue weighted by Gasteiger charge is 2.26. The van der Waals surface area contributed by atoms with Gasteiger partial charge in [-0.1, -0.05) is 0 Å². The van der Waals surface area contributed by atoms with Gasteiger partial charge in [0.25, 0.3) is 10.0 Å². The third-order valence-electron chi connectivity index (χ3n) is 4.81. The molecular formula is C21H28BrN3O4S2. The van der Waals surface area contributed by atoms with Crippen LogP contribution in [0.15, 0.2) is 32.3 Å². The summed E-state index contributed by atoms with van der Waals surface area (Å²) in [5.74, 6) is 0. The van der Waals surface area contributed by atoms with Crippen LogP contribution in [0, 0.1) is 0 Å². The van der Waals surface area contributed by atoms with Gasteiger partial charge in [-0.25, -0.2) is 13.2 Å². The predicted molar refractivity (Wildman–Crippen MR) is 129 cm³/mol. The molecule has 0 radical (unpaired) electrons. The van der Waals surface area contributed by atoms with E-state index in [-0.39, 0.29) is 10.3 Å². The van der Waals surface area contributed by atoms with Gasteiger partial charge in [0.2, 0.25) is 0 Å². The van der Waals surface area contributed by atoms with E-state index in [4.69, 9.17) is 4.74 Å². The van der Waals surface area contributed by atoms with Crippen LogP contribution in [0.4, 0.5) is 16.2 Å². The highest BCUT2D eigenvalue weighted by Crippen LogP contribution is 2.34. The number of thiophene rings is 1. The van der Waals surface area contributed by atoms with E-state index in [1.54, 1.807) is 17.0 Å². The van der Waals surface area contributed by atoms with Crippen LogP contribution in [0.2, 0.25) is 0 Å². The lowest BCUT2D eigenvalue weighted by molar-refractivity contribution is 0.0258. The quantitative estimate of drug-likeness (QED) is 0.620. The lowest BCUT2D eigenvalue weighted by atomic mass is 10.0. The van der Waals surface area contributed by atoms with Crippen LogP contribution in [-0.2, 0) is 27.6 Å². The Hall–Kier alpha value is -1.78. The molecule has 0 bridgehead atoms. The monoisotopic (exact) mass is 529 g/mol. The molecule has 0 fully saturated rings. The number of anilines is 2. The average Bonchev–Trinajstić information content (AvgIpc) is 2.97. The Morgan fingerprint density at radius 3 is 2.29 bits per heavy atom. The fourth-order valence-electron chi connectivity index (χ4n) is 3.36. The predicted octanol–water partition coefficient (Wildman–Crippen LogP) is 4.71. The third-order valence-corrected chi connectivity index (χ3v) is 8.29. The van der Waals surface area contributed by atoms with Crippen LogP contribution in [0.3, 0.4) is 0 Å². The first kappa shape index (κ1) is 23.9. The number of hydrogen-bond donors (Lipinski definition) is 1. The molecule has 2 aromatic rings. The van der Waals surface area contributed by atoms with Gasteiger partial charge in [0, 0.05) is 27.2 Å². The van der Waals surface area contributed by atoms with Gasteiger partial charge in [0.1, 0.15) is 9.81 Å². The maximum absolute atomic E-state index is 12.9. The summed E-state index contributed by atoms with van der Waals surface area (Å²) in [5, 5.41) is 0. The normalized spacial score (nSPS) is 14.6. The molecule has 0 spiro atoms. The number of benzene rings is 1. The highest BCUT2D eigenvalue weighted by molar-refractivity contribution is 9.11. The van der Waals surface area contributed by atoms with Gasteiger partial charge in [-0.15, -0.1) is 11.3 Å². The number of fused-ring (bicyclic) bond motifs is 1. The fourth-order valence-corrected chi connectivity index (χ4v) is 6.44. The Morgan fingerprint density at radius 2 is 1.77 bits per heavy atom. The molecule has 170 valence electrons. The minimum absolute atomic E-state index is 0.245. The molecule has 1 aliphatic heterocycles. The first-order valence-corrected chi connectivity index (χ1v) is 13.0. The molecule has 0 aliphatic carbocycles. The Bertz CT molecular complexity index is 1070. The Labute approximate surface area is 196 Å². The van der Waals surface area contributed by atoms with E-state index in [1.165, 1.54) is 0 Å². The van der Waals surface area contributed by atoms with Crippen LogP contribution >= 0.6 is 27.3 Å². The Morgan fingerprint density at radius 1 is 1.16 bits per heavy atom. The number of hydrogen-bond acceptors (Lipinski definition) is 6. The molecule has 10 heteroatoms. The maximum Gasteiger partial charge on any atom is 0.410 e. The van der Waals surface area contributed by atoms with E-state index >= 15 is 0 Å². The second-order valence-corrected chi connectivity index (χ2v) is 13.0. The molecule has 7 nitrogen and oxygen atoms in total. The molecule has 1 amide bonds. The summed E-state index contributed by atoms with van der Waals surface area (Å²) >= 11 is 4.48. The van der Waals surface area contributed by atoms with Crippen molar-refractivity contribution >= 4 is 54.8 Å². The van der Waals surface area contributed by atoms with Crippen molar-refractivity contribution in [3.63, 3.8) is 0 Å². The second kappa shape index (κ2) is 8.99. The highest BCUT2D eigenvalue weighted by atomic mass is 79.9. The lowest BCUT2D eigenvalue weighted by Gasteiger charge is -2.26. The molecule has 3 rings (SSSR count). The number of ether oxygens (including phenoxy) is 1. The van der Waals surface area contributed by atoms with Crippen molar-refractivity contribution in [1.29, 1.82) is 0 Å². The van der Waals surface area contributed by atoms with Gasteiger partial charge in [-0.2, -0.15) is 0 Å². The van der Waals surface area contributed by atoms with Crippen LogP contribution in [0.1, 0.15) is 31.9 Å². The minimum atomic E-state index is -3.70. The summed E-state index contributed by atoms with van der Waals surface area (Å²) in [6, 6.07) is 7.20. The van der Waals surface area contributed by atoms with Crippen LogP contribution in [-0.4, -0.2) is 52.2 Å². The van der Waals surface area contributed by atoms with Gasteiger partial charge in [-0.05, 0) is 84.9 Å². The zero-order valence-electron chi connectivity index (χ0n) is 18.4. The van der Waals surface area contributed by atoms with E-state index in [0.29, 0.717) is 31.6 Å². The van der Waals surface area contributed by atoms with E-state index in [0.717, 1.165) is 31.9 Å². The van der Waals surface area contributed by atoms with Crippen molar-refractivity contribution in [3.05, 3.63) is 39.2 Å². The number of carbonyl (C=O) groups is 1. The number of nitrogens with one attached hydrogen (secondary N) is 1. The van der Waals surface area contributed by atoms with Gasteiger partial charge >= 0.3 is 6.09 Å². The number of carbonyl (C=O) groups excluding carboxylic acids is 1. The number of halogens is 1. The Balaban J connectivity index is 1.88. The fraction of sp³-hybridized carbons (Fsp3) is 0.476. The number of amides is 1. The third kappa shape index (κ3) is 5.93. The topological polar surface area (TPSA) is 79.0 Å². The zero-order valence-corrected chi connectivity index (χ0v) is 21.6. The SMILES string of the molecule is CN(C)c1cc2c(cc1NS(=O)(=O)c1ccc(Br)s1)CCN(C(=O)OC(C)(C)C)CC2.